The molecule has 0 aliphatic heterocycles. The Morgan fingerprint density at radius 3 is 2.69 bits per heavy atom. The highest BCUT2D eigenvalue weighted by molar-refractivity contribution is 6.33. The van der Waals surface area contributed by atoms with Gasteiger partial charge in [0, 0.05) is 6.04 Å². The molecule has 2 unspecified atom stereocenters. The summed E-state index contributed by atoms with van der Waals surface area (Å²) in [5, 5.41) is 21.6. The van der Waals surface area contributed by atoms with Crippen LogP contribution in [0.1, 0.15) is 25.8 Å². The quantitative estimate of drug-likeness (QED) is 0.848. The molecule has 0 heterocycles. The van der Waals surface area contributed by atoms with E-state index in [0.717, 1.165) is 5.69 Å². The Labute approximate surface area is 101 Å². The number of nitrogens with one attached hydrogen (secondary N) is 1. The number of benzene rings is 1. The number of rotatable bonds is 4. The lowest BCUT2D eigenvalue weighted by atomic mass is 10.1. The summed E-state index contributed by atoms with van der Waals surface area (Å²) in [6.07, 6.45) is 0.302. The lowest BCUT2D eigenvalue weighted by molar-refractivity contribution is 0.179. The minimum Gasteiger partial charge on any atom is -0.393 e. The highest BCUT2D eigenvalue weighted by atomic mass is 35.5. The molecule has 16 heavy (non-hydrogen) atoms. The number of aliphatic hydroxyl groups excluding tert-OH is 1. The first-order chi connectivity index (χ1) is 7.52. The number of aliphatic hydroxyl groups is 1. The van der Waals surface area contributed by atoms with E-state index in [0.29, 0.717) is 17.0 Å². The van der Waals surface area contributed by atoms with E-state index in [1.807, 2.05) is 13.0 Å². The number of hydrogen-bond donors (Lipinski definition) is 2. The monoisotopic (exact) mass is 238 g/mol. The van der Waals surface area contributed by atoms with Crippen LogP contribution in [0.15, 0.2) is 18.2 Å². The van der Waals surface area contributed by atoms with Crippen LogP contribution in [0.2, 0.25) is 5.02 Å². The van der Waals surface area contributed by atoms with Gasteiger partial charge in [-0.2, -0.15) is 5.26 Å². The molecule has 0 spiro atoms. The van der Waals surface area contributed by atoms with E-state index in [1.165, 1.54) is 0 Å². The predicted molar refractivity (Wildman–Crippen MR) is 65.5 cm³/mol. The molecule has 2 N–H and O–H groups in total. The van der Waals surface area contributed by atoms with Crippen LogP contribution in [0.25, 0.3) is 0 Å². The van der Waals surface area contributed by atoms with E-state index < -0.39 is 0 Å². The van der Waals surface area contributed by atoms with Crippen LogP contribution in [0.3, 0.4) is 0 Å². The molecule has 0 bridgehead atoms. The average Bonchev–Trinajstić information content (AvgIpc) is 2.19. The van der Waals surface area contributed by atoms with Gasteiger partial charge in [-0.05, 0) is 38.5 Å². The molecular formula is C12H15ClN2O. The van der Waals surface area contributed by atoms with Crippen molar-refractivity contribution in [3.8, 4) is 6.07 Å². The van der Waals surface area contributed by atoms with Gasteiger partial charge < -0.3 is 10.4 Å². The number of nitriles is 1. The van der Waals surface area contributed by atoms with Crippen molar-refractivity contribution in [2.45, 2.75) is 32.4 Å². The standard InChI is InChI=1S/C12H15ClN2O/c1-8(5-9(2)16)15-12-4-3-10(7-14)6-11(12)13/h3-4,6,8-9,15-16H,5H2,1-2H3. The van der Waals surface area contributed by atoms with Crippen molar-refractivity contribution >= 4 is 17.3 Å². The fourth-order valence-electron chi connectivity index (χ4n) is 1.54. The predicted octanol–water partition coefficient (Wildman–Crippen LogP) is 2.78. The zero-order valence-electron chi connectivity index (χ0n) is 9.37. The third-order valence-corrected chi connectivity index (χ3v) is 2.51. The Morgan fingerprint density at radius 1 is 1.50 bits per heavy atom. The van der Waals surface area contributed by atoms with Crippen molar-refractivity contribution in [3.05, 3.63) is 28.8 Å². The first-order valence-corrected chi connectivity index (χ1v) is 5.55. The number of hydrogen-bond acceptors (Lipinski definition) is 3. The van der Waals surface area contributed by atoms with E-state index in [1.54, 1.807) is 25.1 Å². The summed E-state index contributed by atoms with van der Waals surface area (Å²) in [7, 11) is 0. The van der Waals surface area contributed by atoms with E-state index in [-0.39, 0.29) is 12.1 Å². The molecule has 0 aliphatic carbocycles. The summed E-state index contributed by atoms with van der Waals surface area (Å²) < 4.78 is 0. The second-order valence-electron chi connectivity index (χ2n) is 3.94. The zero-order chi connectivity index (χ0) is 12.1. The molecular weight excluding hydrogens is 224 g/mol. The first kappa shape index (κ1) is 12.8. The molecule has 3 nitrogen and oxygen atoms in total. The maximum Gasteiger partial charge on any atom is 0.0992 e. The number of nitrogens with zero attached hydrogens (tertiary/aromatic N) is 1. The van der Waals surface area contributed by atoms with Gasteiger partial charge in [-0.15, -0.1) is 0 Å². The summed E-state index contributed by atoms with van der Waals surface area (Å²) in [4.78, 5) is 0. The van der Waals surface area contributed by atoms with Gasteiger partial charge in [-0.3, -0.25) is 0 Å². The molecule has 0 amide bonds. The minimum atomic E-state index is -0.348. The van der Waals surface area contributed by atoms with Crippen LogP contribution in [-0.2, 0) is 0 Å². The zero-order valence-corrected chi connectivity index (χ0v) is 10.1. The smallest absolute Gasteiger partial charge is 0.0992 e. The lowest BCUT2D eigenvalue weighted by Gasteiger charge is -2.17. The van der Waals surface area contributed by atoms with Crippen molar-refractivity contribution in [3.63, 3.8) is 0 Å². The summed E-state index contributed by atoms with van der Waals surface area (Å²) in [6.45, 7) is 3.72. The molecule has 1 rings (SSSR count). The van der Waals surface area contributed by atoms with E-state index in [9.17, 15) is 5.11 Å². The van der Waals surface area contributed by atoms with E-state index in [4.69, 9.17) is 16.9 Å². The molecule has 86 valence electrons. The Balaban J connectivity index is 2.71. The Kier molecular flexibility index (Phi) is 4.60. The number of halogens is 1. The van der Waals surface area contributed by atoms with Gasteiger partial charge in [0.1, 0.15) is 0 Å². The Morgan fingerprint density at radius 2 is 2.19 bits per heavy atom. The van der Waals surface area contributed by atoms with Gasteiger partial charge in [0.15, 0.2) is 0 Å². The topological polar surface area (TPSA) is 56.0 Å². The van der Waals surface area contributed by atoms with Crippen molar-refractivity contribution in [1.82, 2.24) is 0 Å². The third-order valence-electron chi connectivity index (χ3n) is 2.19. The van der Waals surface area contributed by atoms with Gasteiger partial charge >= 0.3 is 0 Å². The Bertz CT molecular complexity index is 398. The normalized spacial score (nSPS) is 13.9. The molecule has 2 atom stereocenters. The second-order valence-corrected chi connectivity index (χ2v) is 4.34. The van der Waals surface area contributed by atoms with Gasteiger partial charge in [0.25, 0.3) is 0 Å². The van der Waals surface area contributed by atoms with Gasteiger partial charge in [-0.25, -0.2) is 0 Å². The van der Waals surface area contributed by atoms with Crippen LogP contribution < -0.4 is 5.32 Å². The molecule has 4 heteroatoms. The molecule has 1 aromatic rings. The van der Waals surface area contributed by atoms with Crippen LogP contribution in [0.5, 0.6) is 0 Å². The molecule has 0 aromatic heterocycles. The largest absolute Gasteiger partial charge is 0.393 e. The van der Waals surface area contributed by atoms with Crippen molar-refractivity contribution in [2.24, 2.45) is 0 Å². The summed E-state index contributed by atoms with van der Waals surface area (Å²) in [6, 6.07) is 7.27. The molecule has 0 saturated carbocycles. The SMILES string of the molecule is CC(O)CC(C)Nc1ccc(C#N)cc1Cl. The molecule has 0 fully saturated rings. The molecule has 0 saturated heterocycles. The van der Waals surface area contributed by atoms with Gasteiger partial charge in [-0.1, -0.05) is 11.6 Å². The van der Waals surface area contributed by atoms with Crippen LogP contribution >= 0.6 is 11.6 Å². The fraction of sp³-hybridized carbons (Fsp3) is 0.417. The van der Waals surface area contributed by atoms with Crippen LogP contribution in [-0.4, -0.2) is 17.3 Å². The maximum absolute atomic E-state index is 9.24. The molecule has 1 aromatic carbocycles. The van der Waals surface area contributed by atoms with Crippen molar-refractivity contribution < 1.29 is 5.11 Å². The van der Waals surface area contributed by atoms with Gasteiger partial charge in [0.05, 0.1) is 28.4 Å². The highest BCUT2D eigenvalue weighted by Gasteiger charge is 2.08. The first-order valence-electron chi connectivity index (χ1n) is 5.17. The second kappa shape index (κ2) is 5.74. The minimum absolute atomic E-state index is 0.130. The van der Waals surface area contributed by atoms with E-state index in [2.05, 4.69) is 5.32 Å². The van der Waals surface area contributed by atoms with Crippen LogP contribution in [0.4, 0.5) is 5.69 Å². The van der Waals surface area contributed by atoms with Crippen LogP contribution in [0, 0.1) is 11.3 Å². The summed E-state index contributed by atoms with van der Waals surface area (Å²) in [5.74, 6) is 0. The fourth-order valence-corrected chi connectivity index (χ4v) is 1.77. The van der Waals surface area contributed by atoms with Crippen molar-refractivity contribution in [2.75, 3.05) is 5.32 Å². The maximum atomic E-state index is 9.24. The lowest BCUT2D eigenvalue weighted by Crippen LogP contribution is -2.20. The van der Waals surface area contributed by atoms with Crippen molar-refractivity contribution in [1.29, 1.82) is 5.26 Å². The summed E-state index contributed by atoms with van der Waals surface area (Å²) in [5.41, 5.74) is 1.33. The highest BCUT2D eigenvalue weighted by Crippen LogP contribution is 2.24. The average molecular weight is 239 g/mol. The van der Waals surface area contributed by atoms with Gasteiger partial charge in [0.2, 0.25) is 0 Å². The van der Waals surface area contributed by atoms with E-state index >= 15 is 0 Å². The summed E-state index contributed by atoms with van der Waals surface area (Å²) >= 11 is 6.01. The molecule has 0 radical (unpaired) electrons. The molecule has 0 aliphatic rings. The third kappa shape index (κ3) is 3.73. The Hall–Kier alpha value is -1.24. The number of anilines is 1.